The number of hydrogen-bond donors (Lipinski definition) is 1. The summed E-state index contributed by atoms with van der Waals surface area (Å²) in [6, 6.07) is 4.18. The fourth-order valence-corrected chi connectivity index (χ4v) is 4.03. The van der Waals surface area contributed by atoms with Crippen LogP contribution in [0.5, 0.6) is 0 Å². The Labute approximate surface area is 121 Å². The number of aromatic carboxylic acids is 1. The molecule has 0 radical (unpaired) electrons. The van der Waals surface area contributed by atoms with E-state index in [2.05, 4.69) is 11.9 Å². The zero-order valence-electron chi connectivity index (χ0n) is 11.4. The van der Waals surface area contributed by atoms with E-state index in [1.807, 2.05) is 4.90 Å². The predicted octanol–water partition coefficient (Wildman–Crippen LogP) is 1.75. The number of amides is 1. The summed E-state index contributed by atoms with van der Waals surface area (Å²) in [7, 11) is 2.14. The standard InChI is InChI=1S/C14H18N2O3S/c1-15-9-2-3-10(15)8-16(7-6-9)13(17)11-4-5-12(20-11)14(18)19/h4-5,9-10H,2-3,6-8H2,1H3,(H,18,19). The van der Waals surface area contributed by atoms with Crippen LogP contribution >= 0.6 is 11.3 Å². The Balaban J connectivity index is 1.75. The van der Waals surface area contributed by atoms with Crippen molar-refractivity contribution in [1.29, 1.82) is 0 Å². The van der Waals surface area contributed by atoms with E-state index < -0.39 is 5.97 Å². The van der Waals surface area contributed by atoms with Crippen molar-refractivity contribution in [3.63, 3.8) is 0 Å². The van der Waals surface area contributed by atoms with Crippen molar-refractivity contribution in [1.82, 2.24) is 9.80 Å². The molecule has 0 saturated carbocycles. The number of nitrogens with zero attached hydrogens (tertiary/aromatic N) is 2. The lowest BCUT2D eigenvalue weighted by atomic mass is 10.1. The SMILES string of the molecule is CN1C2CCC1CN(C(=O)c1ccc(C(=O)O)s1)CC2. The number of carboxylic acids is 1. The molecule has 0 aromatic carbocycles. The molecule has 2 aliphatic heterocycles. The molecular formula is C14H18N2O3S. The zero-order chi connectivity index (χ0) is 14.3. The summed E-state index contributed by atoms with van der Waals surface area (Å²) in [5, 5.41) is 8.93. The van der Waals surface area contributed by atoms with Gasteiger partial charge in [0.15, 0.2) is 0 Å². The van der Waals surface area contributed by atoms with E-state index >= 15 is 0 Å². The van der Waals surface area contributed by atoms with Crippen molar-refractivity contribution in [2.45, 2.75) is 31.3 Å². The molecule has 1 aromatic heterocycles. The van der Waals surface area contributed by atoms with Gasteiger partial charge in [0.2, 0.25) is 0 Å². The smallest absolute Gasteiger partial charge is 0.345 e. The van der Waals surface area contributed by atoms with Crippen molar-refractivity contribution < 1.29 is 14.7 Å². The van der Waals surface area contributed by atoms with Gasteiger partial charge in [0.05, 0.1) is 4.88 Å². The van der Waals surface area contributed by atoms with E-state index in [0.29, 0.717) is 17.0 Å². The average Bonchev–Trinajstić information content (AvgIpc) is 2.95. The fourth-order valence-electron chi connectivity index (χ4n) is 3.22. The molecule has 2 bridgehead atoms. The lowest BCUT2D eigenvalue weighted by molar-refractivity contribution is 0.0701. The first-order valence-electron chi connectivity index (χ1n) is 6.90. The van der Waals surface area contributed by atoms with Crippen LogP contribution in [-0.4, -0.2) is 59.0 Å². The normalized spacial score (nSPS) is 26.6. The highest BCUT2D eigenvalue weighted by Crippen LogP contribution is 2.29. The maximum atomic E-state index is 12.5. The summed E-state index contributed by atoms with van der Waals surface area (Å²) in [5.41, 5.74) is 0. The van der Waals surface area contributed by atoms with Crippen LogP contribution in [0, 0.1) is 0 Å². The summed E-state index contributed by atoms with van der Waals surface area (Å²) in [5.74, 6) is -0.993. The van der Waals surface area contributed by atoms with Crippen LogP contribution in [0.1, 0.15) is 38.6 Å². The molecular weight excluding hydrogens is 276 g/mol. The van der Waals surface area contributed by atoms with Gasteiger partial charge in [0.1, 0.15) is 4.88 Å². The van der Waals surface area contributed by atoms with Gasteiger partial charge in [-0.2, -0.15) is 0 Å². The summed E-state index contributed by atoms with van der Waals surface area (Å²) in [6.07, 6.45) is 3.39. The predicted molar refractivity (Wildman–Crippen MR) is 76.4 cm³/mol. The molecule has 2 fully saturated rings. The molecule has 1 N–H and O–H groups in total. The highest BCUT2D eigenvalue weighted by molar-refractivity contribution is 7.15. The maximum Gasteiger partial charge on any atom is 0.345 e. The average molecular weight is 294 g/mol. The largest absolute Gasteiger partial charge is 0.477 e. The Morgan fingerprint density at radius 1 is 1.20 bits per heavy atom. The highest BCUT2D eigenvalue weighted by Gasteiger charge is 2.36. The van der Waals surface area contributed by atoms with Crippen molar-refractivity contribution >= 4 is 23.2 Å². The van der Waals surface area contributed by atoms with Gasteiger partial charge < -0.3 is 10.0 Å². The number of rotatable bonds is 2. The van der Waals surface area contributed by atoms with E-state index in [9.17, 15) is 9.59 Å². The minimum atomic E-state index is -0.969. The van der Waals surface area contributed by atoms with E-state index in [1.54, 1.807) is 6.07 Å². The molecule has 108 valence electrons. The summed E-state index contributed by atoms with van der Waals surface area (Å²) >= 11 is 1.07. The van der Waals surface area contributed by atoms with Gasteiger partial charge in [-0.25, -0.2) is 4.79 Å². The molecule has 2 aliphatic rings. The third-order valence-electron chi connectivity index (χ3n) is 4.46. The van der Waals surface area contributed by atoms with Gasteiger partial charge in [0, 0.05) is 25.2 Å². The molecule has 20 heavy (non-hydrogen) atoms. The van der Waals surface area contributed by atoms with Gasteiger partial charge in [-0.05, 0) is 38.4 Å². The molecule has 3 rings (SSSR count). The topological polar surface area (TPSA) is 60.9 Å². The number of thiophene rings is 1. The fraction of sp³-hybridized carbons (Fsp3) is 0.571. The molecule has 2 unspecified atom stereocenters. The van der Waals surface area contributed by atoms with E-state index in [4.69, 9.17) is 5.11 Å². The highest BCUT2D eigenvalue weighted by atomic mass is 32.1. The van der Waals surface area contributed by atoms with Gasteiger partial charge >= 0.3 is 5.97 Å². The molecule has 6 heteroatoms. The summed E-state index contributed by atoms with van der Waals surface area (Å²) in [6.45, 7) is 1.52. The van der Waals surface area contributed by atoms with Gasteiger partial charge in [0.25, 0.3) is 5.91 Å². The van der Waals surface area contributed by atoms with E-state index in [-0.39, 0.29) is 10.8 Å². The van der Waals surface area contributed by atoms with Crippen LogP contribution in [0.15, 0.2) is 12.1 Å². The zero-order valence-corrected chi connectivity index (χ0v) is 12.2. The van der Waals surface area contributed by atoms with Gasteiger partial charge in [-0.1, -0.05) is 0 Å². The third-order valence-corrected chi connectivity index (χ3v) is 5.52. The number of carbonyl (C=O) groups is 2. The first-order chi connectivity index (χ1) is 9.56. The Morgan fingerprint density at radius 2 is 1.90 bits per heavy atom. The Bertz CT molecular complexity index is 542. The Kier molecular flexibility index (Phi) is 3.52. The lowest BCUT2D eigenvalue weighted by Gasteiger charge is -2.25. The first kappa shape index (κ1) is 13.6. The van der Waals surface area contributed by atoms with Crippen LogP contribution in [0.25, 0.3) is 0 Å². The number of carbonyl (C=O) groups excluding carboxylic acids is 1. The number of hydrogen-bond acceptors (Lipinski definition) is 4. The summed E-state index contributed by atoms with van der Waals surface area (Å²) in [4.78, 5) is 28.4. The van der Waals surface area contributed by atoms with E-state index in [1.165, 1.54) is 12.5 Å². The van der Waals surface area contributed by atoms with Crippen LogP contribution in [-0.2, 0) is 0 Å². The van der Waals surface area contributed by atoms with Crippen LogP contribution in [0.3, 0.4) is 0 Å². The number of fused-ring (bicyclic) bond motifs is 2. The van der Waals surface area contributed by atoms with E-state index in [0.717, 1.165) is 37.3 Å². The van der Waals surface area contributed by atoms with Crippen molar-refractivity contribution in [2.75, 3.05) is 20.1 Å². The molecule has 2 atom stereocenters. The minimum Gasteiger partial charge on any atom is -0.477 e. The molecule has 2 saturated heterocycles. The molecule has 1 aromatic rings. The molecule has 0 spiro atoms. The van der Waals surface area contributed by atoms with Gasteiger partial charge in [-0.3, -0.25) is 9.69 Å². The lowest BCUT2D eigenvalue weighted by Crippen LogP contribution is -2.39. The quantitative estimate of drug-likeness (QED) is 0.903. The second kappa shape index (κ2) is 5.18. The number of likely N-dealkylation sites (tertiary alicyclic amines) is 1. The maximum absolute atomic E-state index is 12.5. The number of likely N-dealkylation sites (N-methyl/N-ethyl adjacent to an activating group) is 1. The first-order valence-corrected chi connectivity index (χ1v) is 7.72. The third kappa shape index (κ3) is 2.33. The van der Waals surface area contributed by atoms with Crippen LogP contribution in [0.4, 0.5) is 0 Å². The van der Waals surface area contributed by atoms with Crippen molar-refractivity contribution in [3.05, 3.63) is 21.9 Å². The van der Waals surface area contributed by atoms with Crippen LogP contribution in [0.2, 0.25) is 0 Å². The second-order valence-electron chi connectivity index (χ2n) is 5.56. The monoisotopic (exact) mass is 294 g/mol. The second-order valence-corrected chi connectivity index (χ2v) is 6.64. The minimum absolute atomic E-state index is 0.0246. The molecule has 3 heterocycles. The van der Waals surface area contributed by atoms with Crippen LogP contribution < -0.4 is 0 Å². The number of carboxylic acid groups (broad SMARTS) is 1. The van der Waals surface area contributed by atoms with Gasteiger partial charge in [-0.15, -0.1) is 11.3 Å². The molecule has 5 nitrogen and oxygen atoms in total. The Morgan fingerprint density at radius 3 is 2.60 bits per heavy atom. The molecule has 0 aliphatic carbocycles. The summed E-state index contributed by atoms with van der Waals surface area (Å²) < 4.78 is 0. The van der Waals surface area contributed by atoms with Crippen molar-refractivity contribution in [2.24, 2.45) is 0 Å². The molecule has 1 amide bonds. The van der Waals surface area contributed by atoms with Crippen molar-refractivity contribution in [3.8, 4) is 0 Å². The Hall–Kier alpha value is -1.40.